The van der Waals surface area contributed by atoms with Crippen molar-refractivity contribution in [2.75, 3.05) is 17.1 Å². The highest BCUT2D eigenvalue weighted by Gasteiger charge is 2.52. The van der Waals surface area contributed by atoms with Crippen LogP contribution in [-0.4, -0.2) is 18.0 Å². The zero-order valence-corrected chi connectivity index (χ0v) is 17.3. The molecule has 1 aromatic heterocycles. The molecule has 1 aliphatic heterocycles. The summed E-state index contributed by atoms with van der Waals surface area (Å²) in [7, 11) is 1.66. The standard InChI is InChI=1S/C23H21N3O3S/c1-28-17-7-2-3-8-19(17)30-26-15-13-16-21(25-22(27)23(16)10-6-11-23)18(14-15)29-20-9-4-5-12-24-20/h2-5,7-9,12-14,26H,6,10-11H2,1H3,(H,25,27). The highest BCUT2D eigenvalue weighted by Crippen LogP contribution is 2.55. The van der Waals surface area contributed by atoms with Gasteiger partial charge in [-0.3, -0.25) is 4.79 Å². The Morgan fingerprint density at radius 3 is 2.67 bits per heavy atom. The maximum absolute atomic E-state index is 12.8. The van der Waals surface area contributed by atoms with Crippen molar-refractivity contribution in [3.8, 4) is 17.4 Å². The summed E-state index contributed by atoms with van der Waals surface area (Å²) in [5, 5.41) is 3.05. The summed E-state index contributed by atoms with van der Waals surface area (Å²) in [4.78, 5) is 18.0. The first-order chi connectivity index (χ1) is 14.7. The highest BCUT2D eigenvalue weighted by atomic mass is 32.2. The van der Waals surface area contributed by atoms with Crippen molar-refractivity contribution in [2.24, 2.45) is 0 Å². The van der Waals surface area contributed by atoms with Gasteiger partial charge in [-0.2, -0.15) is 0 Å². The molecular weight excluding hydrogens is 398 g/mol. The minimum atomic E-state index is -0.440. The van der Waals surface area contributed by atoms with Crippen LogP contribution in [0.15, 0.2) is 65.7 Å². The van der Waals surface area contributed by atoms with Crippen LogP contribution in [0.2, 0.25) is 0 Å². The van der Waals surface area contributed by atoms with E-state index in [1.807, 2.05) is 42.5 Å². The van der Waals surface area contributed by atoms with E-state index in [2.05, 4.69) is 21.1 Å². The fraction of sp³-hybridized carbons (Fsp3) is 0.217. The first-order valence-corrected chi connectivity index (χ1v) is 10.7. The van der Waals surface area contributed by atoms with Crippen molar-refractivity contribution < 1.29 is 14.3 Å². The summed E-state index contributed by atoms with van der Waals surface area (Å²) in [5.41, 5.74) is 2.16. The van der Waals surface area contributed by atoms with Crippen molar-refractivity contribution in [1.29, 1.82) is 0 Å². The van der Waals surface area contributed by atoms with Gasteiger partial charge in [0.25, 0.3) is 0 Å². The van der Waals surface area contributed by atoms with Crippen LogP contribution in [0.25, 0.3) is 0 Å². The van der Waals surface area contributed by atoms with Gasteiger partial charge in [-0.1, -0.05) is 24.6 Å². The summed E-state index contributed by atoms with van der Waals surface area (Å²) in [6.45, 7) is 0. The van der Waals surface area contributed by atoms with Gasteiger partial charge in [-0.25, -0.2) is 4.98 Å². The molecule has 1 amide bonds. The number of para-hydroxylation sites is 1. The first kappa shape index (κ1) is 18.8. The Kier molecular flexibility index (Phi) is 4.75. The number of benzene rings is 2. The SMILES string of the molecule is COc1ccccc1SNc1cc(Oc2ccccn2)c2c(c1)C1(CCC1)C(=O)N2. The highest BCUT2D eigenvalue weighted by molar-refractivity contribution is 8.00. The van der Waals surface area contributed by atoms with Crippen LogP contribution in [0.5, 0.6) is 17.4 Å². The van der Waals surface area contributed by atoms with Gasteiger partial charge >= 0.3 is 0 Å². The Morgan fingerprint density at radius 1 is 1.10 bits per heavy atom. The average Bonchev–Trinajstić information content (AvgIpc) is 3.05. The number of aromatic nitrogens is 1. The zero-order chi connectivity index (χ0) is 20.6. The van der Waals surface area contributed by atoms with E-state index in [0.717, 1.165) is 46.8 Å². The van der Waals surface area contributed by atoms with E-state index in [1.54, 1.807) is 19.4 Å². The summed E-state index contributed by atoms with van der Waals surface area (Å²) >= 11 is 1.46. The molecule has 1 saturated carbocycles. The lowest BCUT2D eigenvalue weighted by Crippen LogP contribution is -2.40. The van der Waals surface area contributed by atoms with E-state index >= 15 is 0 Å². The molecular formula is C23H21N3O3S. The van der Waals surface area contributed by atoms with Crippen LogP contribution in [0, 0.1) is 0 Å². The van der Waals surface area contributed by atoms with Gasteiger partial charge in [0.05, 0.1) is 23.1 Å². The summed E-state index contributed by atoms with van der Waals surface area (Å²) in [6.07, 6.45) is 4.45. The van der Waals surface area contributed by atoms with Gasteiger partial charge in [0.15, 0.2) is 5.75 Å². The Morgan fingerprint density at radius 2 is 1.93 bits per heavy atom. The van der Waals surface area contributed by atoms with Gasteiger partial charge in [0, 0.05) is 24.0 Å². The number of carbonyl (C=O) groups is 1. The summed E-state index contributed by atoms with van der Waals surface area (Å²) in [5.74, 6) is 1.93. The Labute approximate surface area is 179 Å². The molecule has 2 aliphatic rings. The molecule has 0 radical (unpaired) electrons. The van der Waals surface area contributed by atoms with Crippen LogP contribution >= 0.6 is 11.9 Å². The number of hydrogen-bond acceptors (Lipinski definition) is 6. The van der Waals surface area contributed by atoms with E-state index in [-0.39, 0.29) is 5.91 Å². The molecule has 0 saturated heterocycles. The lowest BCUT2D eigenvalue weighted by atomic mass is 9.65. The molecule has 2 N–H and O–H groups in total. The third-order valence-electron chi connectivity index (χ3n) is 5.70. The second kappa shape index (κ2) is 7.57. The van der Waals surface area contributed by atoms with E-state index in [4.69, 9.17) is 9.47 Å². The number of ether oxygens (including phenoxy) is 2. The van der Waals surface area contributed by atoms with Crippen LogP contribution in [0.4, 0.5) is 11.4 Å². The number of anilines is 2. The quantitative estimate of drug-likeness (QED) is 0.523. The second-order valence-corrected chi connectivity index (χ2v) is 8.26. The maximum Gasteiger partial charge on any atom is 0.235 e. The second-order valence-electron chi connectivity index (χ2n) is 7.41. The number of amides is 1. The molecule has 2 heterocycles. The number of hydrogen-bond donors (Lipinski definition) is 2. The number of carbonyl (C=O) groups excluding carboxylic acids is 1. The Bertz CT molecular complexity index is 1100. The molecule has 0 bridgehead atoms. The number of rotatable bonds is 6. The lowest BCUT2D eigenvalue weighted by Gasteiger charge is -2.36. The predicted octanol–water partition coefficient (Wildman–Crippen LogP) is 5.38. The minimum absolute atomic E-state index is 0.0594. The smallest absolute Gasteiger partial charge is 0.235 e. The molecule has 6 nitrogen and oxygen atoms in total. The molecule has 7 heteroatoms. The molecule has 0 atom stereocenters. The first-order valence-electron chi connectivity index (χ1n) is 9.84. The molecule has 5 rings (SSSR count). The molecule has 2 aromatic carbocycles. The number of fused-ring (bicyclic) bond motifs is 2. The molecule has 30 heavy (non-hydrogen) atoms. The van der Waals surface area contributed by atoms with Gasteiger partial charge < -0.3 is 19.5 Å². The molecule has 1 aliphatic carbocycles. The number of nitrogens with one attached hydrogen (secondary N) is 2. The van der Waals surface area contributed by atoms with Crippen molar-refractivity contribution in [1.82, 2.24) is 4.98 Å². The van der Waals surface area contributed by atoms with E-state index in [1.165, 1.54) is 11.9 Å². The van der Waals surface area contributed by atoms with Crippen molar-refractivity contribution in [3.05, 3.63) is 66.4 Å². The van der Waals surface area contributed by atoms with Crippen molar-refractivity contribution >= 4 is 29.2 Å². The molecule has 1 fully saturated rings. The predicted molar refractivity (Wildman–Crippen MR) is 117 cm³/mol. The van der Waals surface area contributed by atoms with Crippen LogP contribution in [0.1, 0.15) is 24.8 Å². The molecule has 152 valence electrons. The van der Waals surface area contributed by atoms with Crippen molar-refractivity contribution in [3.63, 3.8) is 0 Å². The fourth-order valence-electron chi connectivity index (χ4n) is 3.98. The van der Waals surface area contributed by atoms with Crippen LogP contribution in [-0.2, 0) is 10.2 Å². The largest absolute Gasteiger partial charge is 0.496 e. The van der Waals surface area contributed by atoms with E-state index < -0.39 is 5.41 Å². The monoisotopic (exact) mass is 419 g/mol. The Balaban J connectivity index is 1.50. The Hall–Kier alpha value is -3.19. The van der Waals surface area contributed by atoms with Crippen LogP contribution in [0.3, 0.4) is 0 Å². The van der Waals surface area contributed by atoms with Gasteiger partial charge in [0.2, 0.25) is 11.8 Å². The number of nitrogens with zero attached hydrogens (tertiary/aromatic N) is 1. The molecule has 1 spiro atoms. The van der Waals surface area contributed by atoms with Crippen LogP contribution < -0.4 is 19.5 Å². The summed E-state index contributed by atoms with van der Waals surface area (Å²) in [6, 6.07) is 17.3. The molecule has 0 unspecified atom stereocenters. The number of pyridine rings is 1. The normalized spacial score (nSPS) is 15.8. The third kappa shape index (κ3) is 3.15. The van der Waals surface area contributed by atoms with E-state index in [9.17, 15) is 4.79 Å². The summed E-state index contributed by atoms with van der Waals surface area (Å²) < 4.78 is 14.9. The van der Waals surface area contributed by atoms with Gasteiger partial charge in [0.1, 0.15) is 5.75 Å². The van der Waals surface area contributed by atoms with Gasteiger partial charge in [-0.05, 0) is 54.6 Å². The zero-order valence-electron chi connectivity index (χ0n) is 16.5. The lowest BCUT2D eigenvalue weighted by molar-refractivity contribution is -0.123. The maximum atomic E-state index is 12.8. The number of methoxy groups -OCH3 is 1. The molecule has 3 aromatic rings. The average molecular weight is 420 g/mol. The topological polar surface area (TPSA) is 72.5 Å². The van der Waals surface area contributed by atoms with Crippen molar-refractivity contribution in [2.45, 2.75) is 29.6 Å². The minimum Gasteiger partial charge on any atom is -0.496 e. The van der Waals surface area contributed by atoms with E-state index in [0.29, 0.717) is 11.6 Å². The third-order valence-corrected chi connectivity index (χ3v) is 6.59. The van der Waals surface area contributed by atoms with Gasteiger partial charge in [-0.15, -0.1) is 0 Å². The fourth-order valence-corrected chi connectivity index (χ4v) is 4.72.